The average molecular weight is 533 g/mol. The Hall–Kier alpha value is -3.46. The van der Waals surface area contributed by atoms with Gasteiger partial charge in [-0.2, -0.15) is 0 Å². The number of nitrogens with one attached hydrogen (secondary N) is 2. The minimum Gasteiger partial charge on any atom is -0.355 e. The Morgan fingerprint density at radius 1 is 1.05 bits per heavy atom. The molecule has 39 heavy (non-hydrogen) atoms. The van der Waals surface area contributed by atoms with Crippen LogP contribution in [0.15, 0.2) is 48.7 Å². The van der Waals surface area contributed by atoms with E-state index < -0.39 is 0 Å². The van der Waals surface area contributed by atoms with Crippen molar-refractivity contribution in [1.82, 2.24) is 25.0 Å². The fraction of sp³-hybridized carbons (Fsp3) is 0.533. The first kappa shape index (κ1) is 27.1. The van der Waals surface area contributed by atoms with Crippen LogP contribution in [-0.4, -0.2) is 83.8 Å². The van der Waals surface area contributed by atoms with Crippen LogP contribution in [-0.2, 0) is 10.3 Å². The van der Waals surface area contributed by atoms with Gasteiger partial charge in [0.15, 0.2) is 0 Å². The lowest BCUT2D eigenvalue weighted by Crippen LogP contribution is -2.56. The van der Waals surface area contributed by atoms with Crippen LogP contribution in [0.4, 0.5) is 10.6 Å². The largest absolute Gasteiger partial charge is 0.355 e. The van der Waals surface area contributed by atoms with Crippen LogP contribution in [0.3, 0.4) is 0 Å². The number of urea groups is 1. The van der Waals surface area contributed by atoms with Crippen LogP contribution >= 0.6 is 0 Å². The van der Waals surface area contributed by atoms with E-state index in [2.05, 4.69) is 69.8 Å². The molecule has 1 spiro atoms. The third-order valence-corrected chi connectivity index (χ3v) is 9.25. The van der Waals surface area contributed by atoms with Crippen molar-refractivity contribution in [3.05, 3.63) is 59.8 Å². The number of rotatable bonds is 8. The van der Waals surface area contributed by atoms with E-state index in [1.165, 1.54) is 31.0 Å². The minimum absolute atomic E-state index is 0.0157. The maximum Gasteiger partial charge on any atom is 0.321 e. The van der Waals surface area contributed by atoms with Gasteiger partial charge in [0.25, 0.3) is 5.91 Å². The third kappa shape index (κ3) is 5.24. The van der Waals surface area contributed by atoms with Crippen LogP contribution in [0.2, 0.25) is 0 Å². The first-order chi connectivity index (χ1) is 18.8. The molecule has 1 saturated heterocycles. The highest BCUT2D eigenvalue weighted by molar-refractivity contribution is 5.96. The first-order valence-electron chi connectivity index (χ1n) is 14.0. The Balaban J connectivity index is 1.30. The van der Waals surface area contributed by atoms with Crippen molar-refractivity contribution >= 4 is 23.7 Å². The molecule has 4 amide bonds. The van der Waals surface area contributed by atoms with Gasteiger partial charge in [-0.3, -0.25) is 14.5 Å². The van der Waals surface area contributed by atoms with Crippen molar-refractivity contribution < 1.29 is 14.4 Å². The van der Waals surface area contributed by atoms with Gasteiger partial charge in [0.05, 0.1) is 11.1 Å². The van der Waals surface area contributed by atoms with Gasteiger partial charge in [-0.05, 0) is 76.2 Å². The van der Waals surface area contributed by atoms with Crippen molar-refractivity contribution in [3.8, 4) is 0 Å². The van der Waals surface area contributed by atoms with Gasteiger partial charge in [0.1, 0.15) is 12.4 Å². The molecule has 3 fully saturated rings. The van der Waals surface area contributed by atoms with Crippen molar-refractivity contribution in [2.75, 3.05) is 46.1 Å². The van der Waals surface area contributed by atoms with Gasteiger partial charge in [-0.1, -0.05) is 36.8 Å². The zero-order chi connectivity index (χ0) is 27.6. The summed E-state index contributed by atoms with van der Waals surface area (Å²) in [5.41, 5.74) is 1.43. The SMILES string of the molecule is CNC(=O)c1ccc(NC(=O)CN2C[C@]3(CC[C@@](c4ccccc4)(N(C)C)CC3)N(CC3CCC3)C2=O)nc1. The number of anilines is 1. The van der Waals surface area contributed by atoms with Gasteiger partial charge in [0.2, 0.25) is 5.91 Å². The Kier molecular flexibility index (Phi) is 7.62. The second kappa shape index (κ2) is 11.0. The molecule has 2 heterocycles. The van der Waals surface area contributed by atoms with Crippen LogP contribution < -0.4 is 10.6 Å². The zero-order valence-corrected chi connectivity index (χ0v) is 23.3. The summed E-state index contributed by atoms with van der Waals surface area (Å²) in [5, 5.41) is 5.34. The highest BCUT2D eigenvalue weighted by atomic mass is 16.2. The molecule has 2 N–H and O–H groups in total. The van der Waals surface area contributed by atoms with E-state index in [0.29, 0.717) is 23.8 Å². The van der Waals surface area contributed by atoms with Crippen LogP contribution in [0, 0.1) is 5.92 Å². The van der Waals surface area contributed by atoms with Crippen molar-refractivity contribution in [2.45, 2.75) is 56.0 Å². The lowest BCUT2D eigenvalue weighted by atomic mass is 9.68. The molecule has 2 aromatic rings. The summed E-state index contributed by atoms with van der Waals surface area (Å²) in [7, 11) is 5.87. The van der Waals surface area contributed by atoms with Crippen molar-refractivity contribution in [3.63, 3.8) is 0 Å². The number of carbonyl (C=O) groups is 3. The average Bonchev–Trinajstić information content (AvgIpc) is 3.16. The van der Waals surface area contributed by atoms with Crippen LogP contribution in [0.25, 0.3) is 0 Å². The van der Waals surface area contributed by atoms with Crippen LogP contribution in [0.1, 0.15) is 60.9 Å². The van der Waals surface area contributed by atoms with Crippen LogP contribution in [0.5, 0.6) is 0 Å². The molecule has 0 bridgehead atoms. The van der Waals surface area contributed by atoms with E-state index in [-0.39, 0.29) is 35.5 Å². The number of hydrogen-bond donors (Lipinski definition) is 2. The van der Waals surface area contributed by atoms with Gasteiger partial charge in [-0.15, -0.1) is 0 Å². The number of aromatic nitrogens is 1. The quantitative estimate of drug-likeness (QED) is 0.541. The number of amides is 4. The monoisotopic (exact) mass is 532 g/mol. The molecular formula is C30H40N6O3. The molecule has 208 valence electrons. The summed E-state index contributed by atoms with van der Waals surface area (Å²) in [5.74, 6) is 0.388. The Bertz CT molecular complexity index is 1190. The highest BCUT2D eigenvalue weighted by Gasteiger charge is 2.55. The number of hydrogen-bond acceptors (Lipinski definition) is 5. The topological polar surface area (TPSA) is 97.9 Å². The predicted molar refractivity (Wildman–Crippen MR) is 150 cm³/mol. The minimum atomic E-state index is -0.285. The zero-order valence-electron chi connectivity index (χ0n) is 23.3. The van der Waals surface area contributed by atoms with Gasteiger partial charge in [-0.25, -0.2) is 9.78 Å². The molecular weight excluding hydrogens is 492 g/mol. The second-order valence-electron chi connectivity index (χ2n) is 11.6. The molecule has 9 heteroatoms. The summed E-state index contributed by atoms with van der Waals surface area (Å²) < 4.78 is 0. The molecule has 1 aromatic carbocycles. The van der Waals surface area contributed by atoms with E-state index in [1.807, 2.05) is 0 Å². The molecule has 0 radical (unpaired) electrons. The molecule has 3 aliphatic rings. The molecule has 9 nitrogen and oxygen atoms in total. The fourth-order valence-electron chi connectivity index (χ4n) is 6.61. The molecule has 2 aliphatic carbocycles. The maximum absolute atomic E-state index is 13.8. The lowest BCUT2D eigenvalue weighted by Gasteiger charge is -2.51. The van der Waals surface area contributed by atoms with Gasteiger partial charge in [0, 0.05) is 31.9 Å². The van der Waals surface area contributed by atoms with E-state index in [0.717, 1.165) is 32.2 Å². The summed E-state index contributed by atoms with van der Waals surface area (Å²) in [6.07, 6.45) is 8.72. The number of benzene rings is 1. The predicted octanol–water partition coefficient (Wildman–Crippen LogP) is 3.69. The third-order valence-electron chi connectivity index (χ3n) is 9.25. The number of pyridine rings is 1. The van der Waals surface area contributed by atoms with E-state index >= 15 is 0 Å². The second-order valence-corrected chi connectivity index (χ2v) is 11.6. The van der Waals surface area contributed by atoms with Gasteiger partial charge < -0.3 is 20.4 Å². The van der Waals surface area contributed by atoms with E-state index in [4.69, 9.17) is 0 Å². The van der Waals surface area contributed by atoms with E-state index in [9.17, 15) is 14.4 Å². The van der Waals surface area contributed by atoms with Crippen molar-refractivity contribution in [2.24, 2.45) is 5.92 Å². The molecule has 1 aromatic heterocycles. The molecule has 1 aliphatic heterocycles. The molecule has 2 saturated carbocycles. The molecule has 5 rings (SSSR count). The summed E-state index contributed by atoms with van der Waals surface area (Å²) >= 11 is 0. The smallest absolute Gasteiger partial charge is 0.321 e. The highest BCUT2D eigenvalue weighted by Crippen LogP contribution is 2.49. The number of carbonyl (C=O) groups excluding carboxylic acids is 3. The van der Waals surface area contributed by atoms with Crippen molar-refractivity contribution in [1.29, 1.82) is 0 Å². The normalized spacial score (nSPS) is 25.2. The Morgan fingerprint density at radius 3 is 2.33 bits per heavy atom. The van der Waals surface area contributed by atoms with Gasteiger partial charge >= 0.3 is 6.03 Å². The fourth-order valence-corrected chi connectivity index (χ4v) is 6.61. The Morgan fingerprint density at radius 2 is 1.77 bits per heavy atom. The Labute approximate surface area is 230 Å². The number of nitrogens with zero attached hydrogens (tertiary/aromatic N) is 4. The van der Waals surface area contributed by atoms with E-state index in [1.54, 1.807) is 24.1 Å². The molecule has 0 unspecified atom stereocenters. The summed E-state index contributed by atoms with van der Waals surface area (Å²) in [6, 6.07) is 13.9. The maximum atomic E-state index is 13.8. The summed E-state index contributed by atoms with van der Waals surface area (Å²) in [4.78, 5) is 48.9. The lowest BCUT2D eigenvalue weighted by molar-refractivity contribution is -0.116. The first-order valence-corrected chi connectivity index (χ1v) is 14.0. The standard InChI is InChI=1S/C30H40N6O3/c1-31-27(38)23-12-13-25(32-18-23)33-26(37)20-35-21-29(36(28(35)39)19-22-8-7-9-22)14-16-30(17-15-29,34(2)3)24-10-5-4-6-11-24/h4-6,10-13,18,22H,7-9,14-17,19-21H2,1-3H3,(H,31,38)(H,32,33,37)/t29-,30-. The summed E-state index contributed by atoms with van der Waals surface area (Å²) in [6.45, 7) is 1.32. The molecule has 0 atom stereocenters.